The number of rotatable bonds is 7. The molecule has 0 amide bonds. The molecular formula is C21H24F6N4O3. The van der Waals surface area contributed by atoms with Crippen LogP contribution in [0.4, 0.5) is 26.3 Å². The van der Waals surface area contributed by atoms with Gasteiger partial charge in [0, 0.05) is 38.2 Å². The number of aromatic nitrogens is 2. The molecule has 13 heteroatoms. The molecule has 34 heavy (non-hydrogen) atoms. The zero-order chi connectivity index (χ0) is 25.4. The van der Waals surface area contributed by atoms with Crippen molar-refractivity contribution in [2.24, 2.45) is 5.73 Å². The molecule has 1 aliphatic rings. The monoisotopic (exact) mass is 494 g/mol. The second-order valence-electron chi connectivity index (χ2n) is 8.34. The predicted molar refractivity (Wildman–Crippen MR) is 107 cm³/mol. The molecule has 0 fully saturated rings. The third kappa shape index (κ3) is 5.70. The molecule has 0 spiro atoms. The van der Waals surface area contributed by atoms with Crippen LogP contribution in [0.5, 0.6) is 0 Å². The first-order valence-electron chi connectivity index (χ1n) is 10.5. The van der Waals surface area contributed by atoms with E-state index in [0.717, 1.165) is 4.57 Å². The average molecular weight is 494 g/mol. The van der Waals surface area contributed by atoms with Crippen LogP contribution in [0.25, 0.3) is 0 Å². The van der Waals surface area contributed by atoms with Crippen molar-refractivity contribution in [3.63, 3.8) is 0 Å². The molecule has 1 aromatic heterocycles. The summed E-state index contributed by atoms with van der Waals surface area (Å²) in [4.78, 5) is 17.2. The number of halogens is 6. The van der Waals surface area contributed by atoms with Gasteiger partial charge < -0.3 is 20.1 Å². The van der Waals surface area contributed by atoms with Crippen LogP contribution in [0, 0.1) is 17.5 Å². The van der Waals surface area contributed by atoms with Crippen LogP contribution in [-0.2, 0) is 30.4 Å². The van der Waals surface area contributed by atoms with Crippen LogP contribution in [-0.4, -0.2) is 50.4 Å². The number of hydrogen-bond acceptors (Lipinski definition) is 6. The van der Waals surface area contributed by atoms with Gasteiger partial charge in [-0.25, -0.2) is 22.9 Å². The first kappa shape index (κ1) is 26.0. The van der Waals surface area contributed by atoms with Crippen molar-refractivity contribution >= 4 is 5.97 Å². The summed E-state index contributed by atoms with van der Waals surface area (Å²) in [6.45, 7) is 2.60. The van der Waals surface area contributed by atoms with Crippen LogP contribution in [0.3, 0.4) is 0 Å². The Labute approximate surface area is 191 Å². The smallest absolute Gasteiger partial charge is 0.449 e. The highest BCUT2D eigenvalue weighted by Crippen LogP contribution is 2.33. The number of esters is 1. The summed E-state index contributed by atoms with van der Waals surface area (Å²) in [6.07, 6.45) is -7.02. The van der Waals surface area contributed by atoms with Gasteiger partial charge in [0.05, 0.1) is 11.8 Å². The largest absolute Gasteiger partial charge is 0.458 e. The highest BCUT2D eigenvalue weighted by molar-refractivity contribution is 5.89. The topological polar surface area (TPSA) is 93.6 Å². The number of ether oxygens (including phenoxy) is 1. The molecule has 0 saturated heterocycles. The van der Waals surface area contributed by atoms with Crippen molar-refractivity contribution in [3.8, 4) is 0 Å². The van der Waals surface area contributed by atoms with Gasteiger partial charge in [-0.1, -0.05) is 0 Å². The minimum Gasteiger partial charge on any atom is -0.458 e. The Morgan fingerprint density at radius 2 is 1.82 bits per heavy atom. The van der Waals surface area contributed by atoms with E-state index in [0.29, 0.717) is 12.1 Å². The molecule has 7 nitrogen and oxygen atoms in total. The van der Waals surface area contributed by atoms with Crippen molar-refractivity contribution < 1.29 is 41.0 Å². The fourth-order valence-corrected chi connectivity index (χ4v) is 3.80. The zero-order valence-corrected chi connectivity index (χ0v) is 18.4. The number of carbonyl (C=O) groups is 1. The number of benzene rings is 1. The molecule has 188 valence electrons. The van der Waals surface area contributed by atoms with Gasteiger partial charge >= 0.3 is 12.1 Å². The quantitative estimate of drug-likeness (QED) is 0.349. The Kier molecular flexibility index (Phi) is 7.58. The average Bonchev–Trinajstić information content (AvgIpc) is 3.11. The van der Waals surface area contributed by atoms with Gasteiger partial charge in [-0.05, 0) is 31.9 Å². The lowest BCUT2D eigenvalue weighted by Crippen LogP contribution is -2.45. The lowest BCUT2D eigenvalue weighted by molar-refractivity contribution is -0.148. The van der Waals surface area contributed by atoms with Crippen molar-refractivity contribution in [2.45, 2.75) is 64.3 Å². The Balaban J connectivity index is 1.76. The van der Waals surface area contributed by atoms with Gasteiger partial charge in [0.15, 0.2) is 17.3 Å². The number of hydrogen-bond donors (Lipinski definition) is 2. The highest BCUT2D eigenvalue weighted by Gasteiger charge is 2.42. The van der Waals surface area contributed by atoms with Crippen molar-refractivity contribution in [1.29, 1.82) is 0 Å². The molecule has 3 N–H and O–H groups in total. The molecule has 0 aliphatic carbocycles. The van der Waals surface area contributed by atoms with Gasteiger partial charge in [0.1, 0.15) is 12.0 Å². The van der Waals surface area contributed by atoms with Crippen LogP contribution < -0.4 is 5.73 Å². The Morgan fingerprint density at radius 3 is 2.44 bits per heavy atom. The van der Waals surface area contributed by atoms with E-state index >= 15 is 0 Å². The SMILES string of the molecule is CC(C)OC(=O)c1nc(C(F)(F)F)n2c1CN(C(O)CC(N)Cc1cc(F)c(F)cc1F)CC2. The Bertz CT molecular complexity index is 1060. The van der Waals surface area contributed by atoms with E-state index in [1.165, 1.54) is 4.90 Å². The van der Waals surface area contributed by atoms with Crippen molar-refractivity contribution in [2.75, 3.05) is 6.54 Å². The van der Waals surface area contributed by atoms with E-state index in [9.17, 15) is 36.2 Å². The third-order valence-corrected chi connectivity index (χ3v) is 5.33. The number of carbonyl (C=O) groups excluding carboxylic acids is 1. The molecule has 2 unspecified atom stereocenters. The molecule has 0 saturated carbocycles. The zero-order valence-electron chi connectivity index (χ0n) is 18.4. The molecular weight excluding hydrogens is 470 g/mol. The summed E-state index contributed by atoms with van der Waals surface area (Å²) >= 11 is 0. The molecule has 0 bridgehead atoms. The molecule has 0 radical (unpaired) electrons. The summed E-state index contributed by atoms with van der Waals surface area (Å²) in [5, 5.41) is 10.6. The van der Waals surface area contributed by atoms with Gasteiger partial charge in [-0.3, -0.25) is 4.90 Å². The van der Waals surface area contributed by atoms with E-state index in [2.05, 4.69) is 4.98 Å². The maximum Gasteiger partial charge on any atom is 0.449 e. The van der Waals surface area contributed by atoms with E-state index in [4.69, 9.17) is 10.5 Å². The van der Waals surface area contributed by atoms with Crippen LogP contribution in [0.1, 0.15) is 47.8 Å². The fraction of sp³-hybridized carbons (Fsp3) is 0.524. The minimum atomic E-state index is -4.80. The number of aliphatic hydroxyl groups is 1. The predicted octanol–water partition coefficient (Wildman–Crippen LogP) is 2.98. The summed E-state index contributed by atoms with van der Waals surface area (Å²) < 4.78 is 86.6. The first-order valence-corrected chi connectivity index (χ1v) is 10.5. The van der Waals surface area contributed by atoms with Gasteiger partial charge in [0.2, 0.25) is 5.82 Å². The summed E-state index contributed by atoms with van der Waals surface area (Å²) in [6, 6.07) is 0.203. The highest BCUT2D eigenvalue weighted by atomic mass is 19.4. The minimum absolute atomic E-state index is 0.0153. The van der Waals surface area contributed by atoms with Gasteiger partial charge in [-0.15, -0.1) is 0 Å². The van der Waals surface area contributed by atoms with Gasteiger partial charge in [0.25, 0.3) is 0 Å². The Morgan fingerprint density at radius 1 is 1.18 bits per heavy atom. The summed E-state index contributed by atoms with van der Waals surface area (Å²) in [5.74, 6) is -5.83. The lowest BCUT2D eigenvalue weighted by Gasteiger charge is -2.34. The molecule has 1 aromatic carbocycles. The lowest BCUT2D eigenvalue weighted by atomic mass is 10.0. The number of alkyl halides is 3. The van der Waals surface area contributed by atoms with Crippen LogP contribution in [0.15, 0.2) is 12.1 Å². The molecule has 3 rings (SSSR count). The number of aliphatic hydroxyl groups excluding tert-OH is 1. The number of fused-ring (bicyclic) bond motifs is 1. The van der Waals surface area contributed by atoms with Crippen LogP contribution >= 0.6 is 0 Å². The maximum atomic E-state index is 13.9. The summed E-state index contributed by atoms with van der Waals surface area (Å²) in [7, 11) is 0. The third-order valence-electron chi connectivity index (χ3n) is 5.33. The maximum absolute atomic E-state index is 13.9. The van der Waals surface area contributed by atoms with E-state index in [1.54, 1.807) is 13.8 Å². The van der Waals surface area contributed by atoms with Crippen LogP contribution in [0.2, 0.25) is 0 Å². The van der Waals surface area contributed by atoms with Crippen molar-refractivity contribution in [1.82, 2.24) is 14.5 Å². The summed E-state index contributed by atoms with van der Waals surface area (Å²) in [5.41, 5.74) is 5.21. The van der Waals surface area contributed by atoms with Crippen molar-refractivity contribution in [3.05, 3.63) is 52.4 Å². The number of imidazole rings is 1. The molecule has 1 aliphatic heterocycles. The van der Waals surface area contributed by atoms with E-state index < -0.39 is 59.5 Å². The second kappa shape index (κ2) is 9.92. The van der Waals surface area contributed by atoms with E-state index in [-0.39, 0.29) is 43.7 Å². The molecule has 2 heterocycles. The van der Waals surface area contributed by atoms with E-state index in [1.807, 2.05) is 0 Å². The second-order valence-corrected chi connectivity index (χ2v) is 8.34. The number of nitrogens with zero attached hydrogens (tertiary/aromatic N) is 3. The first-order chi connectivity index (χ1) is 15.8. The number of nitrogens with two attached hydrogens (primary N) is 1. The standard InChI is InChI=1S/C21H24F6N4O3/c1-10(2)34-19(33)18-16-9-30(3-4-31(16)20(29-18)21(25,26)27)17(32)7-12(28)5-11-6-14(23)15(24)8-13(11)22/h6,8,10,12,17,32H,3-5,7,9,28H2,1-2H3. The van der Waals surface area contributed by atoms with Gasteiger partial charge in [-0.2, -0.15) is 13.2 Å². The molecule has 2 aromatic rings. The normalized spacial score (nSPS) is 16.4. The molecule has 2 atom stereocenters. The Hall–Kier alpha value is -2.64. The fourth-order valence-electron chi connectivity index (χ4n) is 3.80.